The van der Waals surface area contributed by atoms with Crippen LogP contribution < -0.4 is 11.1 Å². The van der Waals surface area contributed by atoms with Crippen LogP contribution in [0.2, 0.25) is 0 Å². The van der Waals surface area contributed by atoms with Crippen molar-refractivity contribution in [1.82, 2.24) is 10.3 Å². The molecule has 0 bridgehead atoms. The minimum atomic E-state index is -0.301. The number of amides is 1. The number of pyridine rings is 1. The Morgan fingerprint density at radius 2 is 2.25 bits per heavy atom. The van der Waals surface area contributed by atoms with Gasteiger partial charge >= 0.3 is 0 Å². The molecule has 0 fully saturated rings. The third kappa shape index (κ3) is 4.40. The van der Waals surface area contributed by atoms with Crippen LogP contribution in [0.3, 0.4) is 0 Å². The van der Waals surface area contributed by atoms with E-state index in [9.17, 15) is 4.79 Å². The average Bonchev–Trinajstić information content (AvgIpc) is 2.25. The molecule has 1 aromatic rings. The minimum Gasteiger partial charge on any atom is -0.368 e. The zero-order chi connectivity index (χ0) is 12.0. The van der Waals surface area contributed by atoms with Crippen LogP contribution in [0.25, 0.3) is 0 Å². The lowest BCUT2D eigenvalue weighted by molar-refractivity contribution is -0.120. The molecule has 1 atom stereocenters. The fourth-order valence-corrected chi connectivity index (χ4v) is 1.50. The number of carbonyl (C=O) groups is 1. The van der Waals surface area contributed by atoms with Crippen molar-refractivity contribution in [2.75, 3.05) is 0 Å². The minimum absolute atomic E-state index is 0.276. The highest BCUT2D eigenvalue weighted by molar-refractivity contribution is 5.79. The fraction of sp³-hybridized carbons (Fsp3) is 0.500. The summed E-state index contributed by atoms with van der Waals surface area (Å²) in [7, 11) is 0. The van der Waals surface area contributed by atoms with E-state index in [1.54, 1.807) is 6.20 Å². The molecule has 0 saturated carbocycles. The quantitative estimate of drug-likeness (QED) is 0.755. The Labute approximate surface area is 96.3 Å². The van der Waals surface area contributed by atoms with Gasteiger partial charge in [-0.25, -0.2) is 0 Å². The van der Waals surface area contributed by atoms with Gasteiger partial charge in [-0.1, -0.05) is 19.9 Å². The zero-order valence-corrected chi connectivity index (χ0v) is 9.81. The molecule has 0 saturated heterocycles. The molecule has 3 N–H and O–H groups in total. The molecule has 1 aromatic heterocycles. The van der Waals surface area contributed by atoms with Crippen LogP contribution in [-0.4, -0.2) is 16.9 Å². The van der Waals surface area contributed by atoms with E-state index in [1.807, 2.05) is 18.2 Å². The van der Waals surface area contributed by atoms with E-state index < -0.39 is 0 Å². The van der Waals surface area contributed by atoms with Crippen molar-refractivity contribution in [2.45, 2.75) is 32.9 Å². The smallest absolute Gasteiger partial charge is 0.234 e. The third-order valence-electron chi connectivity index (χ3n) is 2.31. The van der Waals surface area contributed by atoms with E-state index in [1.165, 1.54) is 0 Å². The van der Waals surface area contributed by atoms with Crippen LogP contribution in [-0.2, 0) is 11.3 Å². The molecule has 16 heavy (non-hydrogen) atoms. The molecule has 1 rings (SSSR count). The van der Waals surface area contributed by atoms with E-state index in [-0.39, 0.29) is 11.9 Å². The van der Waals surface area contributed by atoms with Crippen LogP contribution in [0.15, 0.2) is 24.4 Å². The van der Waals surface area contributed by atoms with E-state index in [2.05, 4.69) is 24.1 Å². The normalized spacial score (nSPS) is 12.7. The largest absolute Gasteiger partial charge is 0.368 e. The Balaban J connectivity index is 2.47. The van der Waals surface area contributed by atoms with Crippen molar-refractivity contribution in [3.8, 4) is 0 Å². The first kappa shape index (κ1) is 12.6. The van der Waals surface area contributed by atoms with Gasteiger partial charge in [-0.15, -0.1) is 0 Å². The third-order valence-corrected chi connectivity index (χ3v) is 2.31. The highest BCUT2D eigenvalue weighted by atomic mass is 16.1. The van der Waals surface area contributed by atoms with Gasteiger partial charge in [-0.2, -0.15) is 0 Å². The molecule has 4 nitrogen and oxygen atoms in total. The summed E-state index contributed by atoms with van der Waals surface area (Å²) in [6.07, 6.45) is 2.49. The monoisotopic (exact) mass is 221 g/mol. The number of nitrogens with two attached hydrogens (primary N) is 1. The van der Waals surface area contributed by atoms with Gasteiger partial charge in [-0.3, -0.25) is 9.78 Å². The molecule has 0 aliphatic heterocycles. The summed E-state index contributed by atoms with van der Waals surface area (Å²) in [5, 5.41) is 3.13. The van der Waals surface area contributed by atoms with Gasteiger partial charge in [0, 0.05) is 12.7 Å². The highest BCUT2D eigenvalue weighted by Gasteiger charge is 2.15. The Bertz CT molecular complexity index is 324. The van der Waals surface area contributed by atoms with Gasteiger partial charge in [0.15, 0.2) is 0 Å². The summed E-state index contributed by atoms with van der Waals surface area (Å²) in [6, 6.07) is 5.43. The topological polar surface area (TPSA) is 68.0 Å². The molecule has 4 heteroatoms. The maximum absolute atomic E-state index is 11.2. The maximum atomic E-state index is 11.2. The second-order valence-corrected chi connectivity index (χ2v) is 4.29. The van der Waals surface area contributed by atoms with Crippen molar-refractivity contribution in [1.29, 1.82) is 0 Å². The number of carbonyl (C=O) groups excluding carboxylic acids is 1. The first-order valence-corrected chi connectivity index (χ1v) is 5.52. The number of nitrogens with zero attached hydrogens (tertiary/aromatic N) is 1. The lowest BCUT2D eigenvalue weighted by Gasteiger charge is -2.16. The van der Waals surface area contributed by atoms with Crippen LogP contribution in [0.4, 0.5) is 0 Å². The zero-order valence-electron chi connectivity index (χ0n) is 9.81. The van der Waals surface area contributed by atoms with Crippen LogP contribution in [0.5, 0.6) is 0 Å². The van der Waals surface area contributed by atoms with Crippen molar-refractivity contribution < 1.29 is 4.79 Å². The molecule has 0 aromatic carbocycles. The van der Waals surface area contributed by atoms with E-state index in [4.69, 9.17) is 5.73 Å². The molecule has 1 amide bonds. The second kappa shape index (κ2) is 6.23. The van der Waals surface area contributed by atoms with Gasteiger partial charge in [-0.05, 0) is 24.5 Å². The van der Waals surface area contributed by atoms with Crippen molar-refractivity contribution in [3.63, 3.8) is 0 Å². The van der Waals surface area contributed by atoms with E-state index in [0.29, 0.717) is 12.5 Å². The molecule has 1 heterocycles. The average molecular weight is 221 g/mol. The Kier molecular flexibility index (Phi) is 4.92. The Hall–Kier alpha value is -1.42. The first-order chi connectivity index (χ1) is 7.59. The van der Waals surface area contributed by atoms with Crippen LogP contribution in [0.1, 0.15) is 26.0 Å². The lowest BCUT2D eigenvalue weighted by atomic mass is 10.0. The summed E-state index contributed by atoms with van der Waals surface area (Å²) in [5.74, 6) is 0.137. The molecule has 88 valence electrons. The molecule has 0 radical (unpaired) electrons. The van der Waals surface area contributed by atoms with Crippen molar-refractivity contribution >= 4 is 5.91 Å². The molecule has 0 spiro atoms. The maximum Gasteiger partial charge on any atom is 0.234 e. The molecular formula is C12H19N3O. The van der Waals surface area contributed by atoms with Gasteiger partial charge in [0.2, 0.25) is 5.91 Å². The summed E-state index contributed by atoms with van der Waals surface area (Å²) in [6.45, 7) is 4.71. The Morgan fingerprint density at radius 1 is 1.50 bits per heavy atom. The lowest BCUT2D eigenvalue weighted by Crippen LogP contribution is -2.41. The summed E-state index contributed by atoms with van der Waals surface area (Å²) in [5.41, 5.74) is 6.24. The highest BCUT2D eigenvalue weighted by Crippen LogP contribution is 2.05. The van der Waals surface area contributed by atoms with Gasteiger partial charge in [0.05, 0.1) is 11.7 Å². The van der Waals surface area contributed by atoms with Gasteiger partial charge < -0.3 is 11.1 Å². The second-order valence-electron chi connectivity index (χ2n) is 4.29. The fourth-order valence-electron chi connectivity index (χ4n) is 1.50. The summed E-state index contributed by atoms with van der Waals surface area (Å²) < 4.78 is 0. The number of rotatable bonds is 6. The van der Waals surface area contributed by atoms with Crippen LogP contribution in [0, 0.1) is 5.92 Å². The van der Waals surface area contributed by atoms with Crippen molar-refractivity contribution in [3.05, 3.63) is 30.1 Å². The van der Waals surface area contributed by atoms with Crippen molar-refractivity contribution in [2.24, 2.45) is 11.7 Å². The first-order valence-electron chi connectivity index (χ1n) is 5.52. The molecule has 0 aliphatic carbocycles. The Morgan fingerprint density at radius 3 is 2.75 bits per heavy atom. The number of hydrogen-bond acceptors (Lipinski definition) is 3. The number of aromatic nitrogens is 1. The van der Waals surface area contributed by atoms with Crippen LogP contribution >= 0.6 is 0 Å². The number of hydrogen-bond donors (Lipinski definition) is 2. The SMILES string of the molecule is CC(C)CC(NCc1ccccn1)C(N)=O. The van der Waals surface area contributed by atoms with Gasteiger partial charge in [0.1, 0.15) is 0 Å². The summed E-state index contributed by atoms with van der Waals surface area (Å²) in [4.78, 5) is 15.4. The predicted molar refractivity (Wildman–Crippen MR) is 63.5 cm³/mol. The van der Waals surface area contributed by atoms with Gasteiger partial charge in [0.25, 0.3) is 0 Å². The number of primary amides is 1. The predicted octanol–water partition coefficient (Wildman–Crippen LogP) is 1.07. The molecule has 0 aliphatic rings. The van der Waals surface area contributed by atoms with E-state index in [0.717, 1.165) is 12.1 Å². The summed E-state index contributed by atoms with van der Waals surface area (Å²) >= 11 is 0. The molecule has 1 unspecified atom stereocenters. The van der Waals surface area contributed by atoms with E-state index >= 15 is 0 Å². The standard InChI is InChI=1S/C12H19N3O/c1-9(2)7-11(12(13)16)15-8-10-5-3-4-6-14-10/h3-6,9,11,15H,7-8H2,1-2H3,(H2,13,16). The molecular weight excluding hydrogens is 202 g/mol. The number of nitrogens with one attached hydrogen (secondary N) is 1.